The van der Waals surface area contributed by atoms with Crippen LogP contribution in [0.5, 0.6) is 0 Å². The van der Waals surface area contributed by atoms with Gasteiger partial charge in [0.25, 0.3) is 0 Å². The Hall–Kier alpha value is -1.40. The lowest BCUT2D eigenvalue weighted by atomic mass is 9.99. The van der Waals surface area contributed by atoms with Gasteiger partial charge >= 0.3 is 0 Å². The van der Waals surface area contributed by atoms with Gasteiger partial charge in [0.15, 0.2) is 0 Å². The van der Waals surface area contributed by atoms with Crippen molar-refractivity contribution in [3.8, 4) is 0 Å². The summed E-state index contributed by atoms with van der Waals surface area (Å²) < 4.78 is 26.4. The zero-order valence-corrected chi connectivity index (χ0v) is 11.8. The van der Waals surface area contributed by atoms with Gasteiger partial charge in [-0.25, -0.2) is 13.1 Å². The van der Waals surface area contributed by atoms with Gasteiger partial charge in [0.2, 0.25) is 15.9 Å². The molecule has 1 saturated heterocycles. The third-order valence-corrected chi connectivity index (χ3v) is 4.70. The molecule has 6 heteroatoms. The Balaban J connectivity index is 2.17. The smallest absolute Gasteiger partial charge is 0.240 e. The van der Waals surface area contributed by atoms with Crippen LogP contribution in [0.15, 0.2) is 29.2 Å². The molecule has 1 atom stereocenters. The van der Waals surface area contributed by atoms with Crippen LogP contribution in [-0.4, -0.2) is 26.9 Å². The van der Waals surface area contributed by atoms with E-state index in [-0.39, 0.29) is 22.8 Å². The highest BCUT2D eigenvalue weighted by molar-refractivity contribution is 7.89. The van der Waals surface area contributed by atoms with E-state index < -0.39 is 10.0 Å². The van der Waals surface area contributed by atoms with Crippen LogP contribution >= 0.6 is 0 Å². The largest absolute Gasteiger partial charge is 0.355 e. The van der Waals surface area contributed by atoms with E-state index in [1.807, 2.05) is 0 Å². The molecule has 0 unspecified atom stereocenters. The Morgan fingerprint density at radius 2 is 1.89 bits per heavy atom. The minimum atomic E-state index is -3.44. The van der Waals surface area contributed by atoms with Crippen molar-refractivity contribution in [2.24, 2.45) is 0 Å². The number of hydrogen-bond donors (Lipinski definition) is 2. The molecule has 0 saturated carbocycles. The number of nitrogens with one attached hydrogen (secondary N) is 2. The first kappa shape index (κ1) is 14.0. The fourth-order valence-electron chi connectivity index (χ4n) is 2.14. The summed E-state index contributed by atoms with van der Waals surface area (Å²) in [5.74, 6) is 0.186. The van der Waals surface area contributed by atoms with Crippen molar-refractivity contribution in [1.29, 1.82) is 0 Å². The van der Waals surface area contributed by atoms with Crippen LogP contribution in [0.2, 0.25) is 0 Å². The van der Waals surface area contributed by atoms with Gasteiger partial charge in [-0.3, -0.25) is 4.79 Å². The van der Waals surface area contributed by atoms with E-state index >= 15 is 0 Å². The summed E-state index contributed by atoms with van der Waals surface area (Å²) in [5, 5.41) is 2.77. The molecule has 19 heavy (non-hydrogen) atoms. The van der Waals surface area contributed by atoms with E-state index in [0.717, 1.165) is 5.56 Å². The number of benzene rings is 1. The molecule has 0 aliphatic carbocycles. The normalized spacial score (nSPS) is 19.7. The number of carbonyl (C=O) groups excluding carboxylic acids is 1. The van der Waals surface area contributed by atoms with Gasteiger partial charge in [0, 0.05) is 24.9 Å². The summed E-state index contributed by atoms with van der Waals surface area (Å²) in [6, 6.07) is 6.59. The molecule has 0 aromatic heterocycles. The number of carbonyl (C=O) groups is 1. The maximum absolute atomic E-state index is 11.9. The van der Waals surface area contributed by atoms with Crippen LogP contribution in [-0.2, 0) is 14.8 Å². The maximum atomic E-state index is 11.9. The van der Waals surface area contributed by atoms with Gasteiger partial charge in [-0.05, 0) is 31.5 Å². The lowest BCUT2D eigenvalue weighted by molar-refractivity contribution is -0.119. The Kier molecular flexibility index (Phi) is 3.91. The highest BCUT2D eigenvalue weighted by Crippen LogP contribution is 2.24. The van der Waals surface area contributed by atoms with E-state index in [4.69, 9.17) is 0 Å². The molecule has 1 aromatic carbocycles. The van der Waals surface area contributed by atoms with Crippen molar-refractivity contribution in [3.63, 3.8) is 0 Å². The topological polar surface area (TPSA) is 75.3 Å². The van der Waals surface area contributed by atoms with Crippen LogP contribution in [0.1, 0.15) is 31.7 Å². The van der Waals surface area contributed by atoms with Crippen molar-refractivity contribution in [2.45, 2.75) is 37.1 Å². The predicted octanol–water partition coefficient (Wildman–Crippen LogP) is 0.977. The monoisotopic (exact) mass is 282 g/mol. The van der Waals surface area contributed by atoms with Crippen LogP contribution in [0.25, 0.3) is 0 Å². The maximum Gasteiger partial charge on any atom is 0.240 e. The molecule has 2 rings (SSSR count). The standard InChI is InChI=1S/C13H18N2O3S/c1-9(2)15-19(17,18)12-5-3-10(4-6-12)11-7-13(16)14-8-11/h3-6,9,11,15H,7-8H2,1-2H3,(H,14,16)/t11-/m1/s1. The average Bonchev–Trinajstić information content (AvgIpc) is 2.74. The van der Waals surface area contributed by atoms with Gasteiger partial charge in [-0.15, -0.1) is 0 Å². The lowest BCUT2D eigenvalue weighted by Gasteiger charge is -2.11. The average molecular weight is 282 g/mol. The van der Waals surface area contributed by atoms with Crippen molar-refractivity contribution in [1.82, 2.24) is 10.0 Å². The summed E-state index contributed by atoms with van der Waals surface area (Å²) >= 11 is 0. The zero-order chi connectivity index (χ0) is 14.0. The van der Waals surface area contributed by atoms with Crippen LogP contribution in [0.4, 0.5) is 0 Å². The zero-order valence-electron chi connectivity index (χ0n) is 11.0. The van der Waals surface area contributed by atoms with E-state index in [9.17, 15) is 13.2 Å². The molecule has 1 aromatic rings. The van der Waals surface area contributed by atoms with Crippen molar-refractivity contribution in [2.75, 3.05) is 6.54 Å². The summed E-state index contributed by atoms with van der Waals surface area (Å²) in [4.78, 5) is 11.4. The summed E-state index contributed by atoms with van der Waals surface area (Å²) in [7, 11) is -3.44. The molecule has 1 aliphatic heterocycles. The van der Waals surface area contributed by atoms with Gasteiger partial charge < -0.3 is 5.32 Å². The first-order chi connectivity index (χ1) is 8.88. The van der Waals surface area contributed by atoms with Gasteiger partial charge in [-0.2, -0.15) is 0 Å². The second kappa shape index (κ2) is 5.30. The summed E-state index contributed by atoms with van der Waals surface area (Å²) in [6.45, 7) is 4.18. The molecule has 1 fully saturated rings. The molecule has 2 N–H and O–H groups in total. The van der Waals surface area contributed by atoms with E-state index in [2.05, 4.69) is 10.0 Å². The predicted molar refractivity (Wildman–Crippen MR) is 72.3 cm³/mol. The molecule has 5 nitrogen and oxygen atoms in total. The molecule has 0 spiro atoms. The van der Waals surface area contributed by atoms with Crippen LogP contribution in [0.3, 0.4) is 0 Å². The Labute approximate surface area is 113 Å². The van der Waals surface area contributed by atoms with E-state index in [1.54, 1.807) is 38.1 Å². The van der Waals surface area contributed by atoms with Crippen LogP contribution in [0, 0.1) is 0 Å². The Morgan fingerprint density at radius 1 is 1.26 bits per heavy atom. The molecule has 0 bridgehead atoms. The number of amides is 1. The Morgan fingerprint density at radius 3 is 2.37 bits per heavy atom. The van der Waals surface area contributed by atoms with Gasteiger partial charge in [-0.1, -0.05) is 12.1 Å². The van der Waals surface area contributed by atoms with Crippen molar-refractivity contribution < 1.29 is 13.2 Å². The molecule has 1 amide bonds. The first-order valence-corrected chi connectivity index (χ1v) is 7.76. The summed E-state index contributed by atoms with van der Waals surface area (Å²) in [6.07, 6.45) is 0.469. The van der Waals surface area contributed by atoms with E-state index in [0.29, 0.717) is 13.0 Å². The second-order valence-corrected chi connectivity index (χ2v) is 6.76. The SMILES string of the molecule is CC(C)NS(=O)(=O)c1ccc([C@H]2CNC(=O)C2)cc1. The summed E-state index contributed by atoms with van der Waals surface area (Å²) in [5.41, 5.74) is 0.988. The molecule has 0 radical (unpaired) electrons. The third kappa shape index (κ3) is 3.33. The number of hydrogen-bond acceptors (Lipinski definition) is 3. The van der Waals surface area contributed by atoms with Gasteiger partial charge in [0.05, 0.1) is 4.90 Å². The molecular formula is C13H18N2O3S. The second-order valence-electron chi connectivity index (χ2n) is 5.05. The van der Waals surface area contributed by atoms with E-state index in [1.165, 1.54) is 0 Å². The van der Waals surface area contributed by atoms with Crippen molar-refractivity contribution >= 4 is 15.9 Å². The highest BCUT2D eigenvalue weighted by atomic mass is 32.2. The third-order valence-electron chi connectivity index (χ3n) is 3.03. The Bertz CT molecular complexity index is 564. The molecule has 1 aliphatic rings. The van der Waals surface area contributed by atoms with Crippen LogP contribution < -0.4 is 10.0 Å². The first-order valence-electron chi connectivity index (χ1n) is 6.27. The quantitative estimate of drug-likeness (QED) is 0.864. The molecular weight excluding hydrogens is 264 g/mol. The fraction of sp³-hybridized carbons (Fsp3) is 0.462. The lowest BCUT2D eigenvalue weighted by Crippen LogP contribution is -2.30. The number of sulfonamides is 1. The fourth-order valence-corrected chi connectivity index (χ4v) is 3.39. The molecule has 104 valence electrons. The van der Waals surface area contributed by atoms with Gasteiger partial charge in [0.1, 0.15) is 0 Å². The minimum absolute atomic E-state index is 0.0446. The highest BCUT2D eigenvalue weighted by Gasteiger charge is 2.23. The number of rotatable bonds is 4. The minimum Gasteiger partial charge on any atom is -0.355 e. The van der Waals surface area contributed by atoms with Crippen molar-refractivity contribution in [3.05, 3.63) is 29.8 Å². The molecule has 1 heterocycles.